The topological polar surface area (TPSA) is 66.8 Å². The van der Waals surface area contributed by atoms with E-state index in [0.717, 1.165) is 12.2 Å². The van der Waals surface area contributed by atoms with Crippen molar-refractivity contribution < 1.29 is 19.4 Å². The summed E-state index contributed by atoms with van der Waals surface area (Å²) in [6, 6.07) is 7.00. The minimum absolute atomic E-state index is 0.157. The summed E-state index contributed by atoms with van der Waals surface area (Å²) in [4.78, 5) is 24.3. The van der Waals surface area contributed by atoms with Crippen LogP contribution in [0.2, 0.25) is 0 Å². The first-order valence-electron chi connectivity index (χ1n) is 5.91. The quantitative estimate of drug-likeness (QED) is 0.641. The molecule has 1 aromatic carbocycles. The fourth-order valence-electron chi connectivity index (χ4n) is 1.53. The standard InChI is InChI=1S/C14H17NO4/c1-3-19-14(18)9-8-13(17)15(2)12-7-5-4-6-11(12)10-16/h4-9,16H,3,10H2,1-2H3/b9-8+. The first-order chi connectivity index (χ1) is 9.10. The van der Waals surface area contributed by atoms with Gasteiger partial charge in [0.05, 0.1) is 13.2 Å². The van der Waals surface area contributed by atoms with Crippen LogP contribution >= 0.6 is 0 Å². The summed E-state index contributed by atoms with van der Waals surface area (Å²) in [6.07, 6.45) is 2.23. The van der Waals surface area contributed by atoms with Gasteiger partial charge in [-0.1, -0.05) is 18.2 Å². The predicted octanol–water partition coefficient (Wildman–Crippen LogP) is 1.26. The Morgan fingerprint density at radius 2 is 2.00 bits per heavy atom. The second-order valence-corrected chi connectivity index (χ2v) is 3.77. The fourth-order valence-corrected chi connectivity index (χ4v) is 1.53. The zero-order valence-corrected chi connectivity index (χ0v) is 11.0. The molecule has 0 saturated heterocycles. The van der Waals surface area contributed by atoms with E-state index in [1.165, 1.54) is 4.90 Å². The lowest BCUT2D eigenvalue weighted by molar-refractivity contribution is -0.137. The average molecular weight is 263 g/mol. The molecule has 0 bridgehead atoms. The summed E-state index contributed by atoms with van der Waals surface area (Å²) in [5.74, 6) is -0.923. The Bertz CT molecular complexity index is 482. The summed E-state index contributed by atoms with van der Waals surface area (Å²) < 4.78 is 4.69. The van der Waals surface area contributed by atoms with E-state index in [-0.39, 0.29) is 19.1 Å². The molecule has 19 heavy (non-hydrogen) atoms. The maximum atomic E-state index is 11.9. The van der Waals surface area contributed by atoms with Crippen LogP contribution in [0.5, 0.6) is 0 Å². The van der Waals surface area contributed by atoms with Crippen molar-refractivity contribution in [2.45, 2.75) is 13.5 Å². The van der Waals surface area contributed by atoms with Gasteiger partial charge < -0.3 is 14.7 Å². The van der Waals surface area contributed by atoms with Gasteiger partial charge in [0, 0.05) is 30.5 Å². The van der Waals surface area contributed by atoms with E-state index in [9.17, 15) is 14.7 Å². The molecule has 0 heterocycles. The highest BCUT2D eigenvalue weighted by atomic mass is 16.5. The summed E-state index contributed by atoms with van der Waals surface area (Å²) in [5.41, 5.74) is 1.24. The van der Waals surface area contributed by atoms with Gasteiger partial charge in [0.25, 0.3) is 5.91 Å². The lowest BCUT2D eigenvalue weighted by atomic mass is 10.1. The Balaban J connectivity index is 2.79. The van der Waals surface area contributed by atoms with Gasteiger partial charge in [0.2, 0.25) is 0 Å². The Morgan fingerprint density at radius 1 is 1.32 bits per heavy atom. The number of ether oxygens (including phenoxy) is 1. The van der Waals surface area contributed by atoms with Crippen LogP contribution in [0.15, 0.2) is 36.4 Å². The number of hydrogen-bond donors (Lipinski definition) is 1. The number of likely N-dealkylation sites (N-methyl/N-ethyl adjacent to an activating group) is 1. The van der Waals surface area contributed by atoms with Gasteiger partial charge in [-0.15, -0.1) is 0 Å². The zero-order chi connectivity index (χ0) is 14.3. The minimum atomic E-state index is -0.556. The zero-order valence-electron chi connectivity index (χ0n) is 11.0. The Labute approximate surface area is 112 Å². The molecule has 1 N–H and O–H groups in total. The van der Waals surface area contributed by atoms with E-state index in [4.69, 9.17) is 0 Å². The van der Waals surface area contributed by atoms with E-state index in [0.29, 0.717) is 11.3 Å². The van der Waals surface area contributed by atoms with Crippen LogP contribution in [0.3, 0.4) is 0 Å². The third kappa shape index (κ3) is 4.22. The smallest absolute Gasteiger partial charge is 0.330 e. The molecule has 0 saturated carbocycles. The van der Waals surface area contributed by atoms with Gasteiger partial charge in [-0.05, 0) is 13.0 Å². The number of nitrogens with zero attached hydrogens (tertiary/aromatic N) is 1. The molecule has 0 radical (unpaired) electrons. The van der Waals surface area contributed by atoms with Gasteiger partial charge in [-0.25, -0.2) is 4.79 Å². The van der Waals surface area contributed by atoms with E-state index in [2.05, 4.69) is 4.74 Å². The molecule has 0 spiro atoms. The van der Waals surface area contributed by atoms with E-state index in [1.54, 1.807) is 38.2 Å². The number of aliphatic hydroxyl groups excluding tert-OH is 1. The molecule has 5 nitrogen and oxygen atoms in total. The number of esters is 1. The Morgan fingerprint density at radius 3 is 2.63 bits per heavy atom. The van der Waals surface area contributed by atoms with Crippen LogP contribution in [0.4, 0.5) is 5.69 Å². The maximum absolute atomic E-state index is 11.9. The molecule has 0 aromatic heterocycles. The molecule has 0 atom stereocenters. The van der Waals surface area contributed by atoms with Crippen molar-refractivity contribution in [1.82, 2.24) is 0 Å². The second-order valence-electron chi connectivity index (χ2n) is 3.77. The summed E-state index contributed by atoms with van der Waals surface area (Å²) in [5, 5.41) is 9.21. The lowest BCUT2D eigenvalue weighted by Gasteiger charge is -2.18. The number of anilines is 1. The van der Waals surface area contributed by atoms with Crippen molar-refractivity contribution >= 4 is 17.6 Å². The molecule has 0 aliphatic heterocycles. The van der Waals surface area contributed by atoms with Crippen LogP contribution < -0.4 is 4.90 Å². The highest BCUT2D eigenvalue weighted by molar-refractivity contribution is 6.04. The van der Waals surface area contributed by atoms with E-state index < -0.39 is 5.97 Å². The van der Waals surface area contributed by atoms with Crippen molar-refractivity contribution in [2.75, 3.05) is 18.6 Å². The summed E-state index contributed by atoms with van der Waals surface area (Å²) in [6.45, 7) is 1.80. The maximum Gasteiger partial charge on any atom is 0.330 e. The highest BCUT2D eigenvalue weighted by Gasteiger charge is 2.11. The van der Waals surface area contributed by atoms with Crippen LogP contribution in [0, 0.1) is 0 Å². The Kier molecular flexibility index (Phi) is 5.75. The van der Waals surface area contributed by atoms with Crippen molar-refractivity contribution in [2.24, 2.45) is 0 Å². The van der Waals surface area contributed by atoms with Crippen molar-refractivity contribution in [3.8, 4) is 0 Å². The van der Waals surface area contributed by atoms with Gasteiger partial charge in [-0.2, -0.15) is 0 Å². The molecular formula is C14H17NO4. The average Bonchev–Trinajstić information content (AvgIpc) is 2.44. The first kappa shape index (κ1) is 14.9. The van der Waals surface area contributed by atoms with Crippen LogP contribution in [-0.2, 0) is 20.9 Å². The molecule has 5 heteroatoms. The lowest BCUT2D eigenvalue weighted by Crippen LogP contribution is -2.25. The van der Waals surface area contributed by atoms with Crippen molar-refractivity contribution in [3.05, 3.63) is 42.0 Å². The van der Waals surface area contributed by atoms with Gasteiger partial charge in [0.1, 0.15) is 0 Å². The number of carbonyl (C=O) groups excluding carboxylic acids is 2. The predicted molar refractivity (Wildman–Crippen MR) is 71.5 cm³/mol. The number of hydrogen-bond acceptors (Lipinski definition) is 4. The third-order valence-electron chi connectivity index (χ3n) is 2.50. The molecule has 1 rings (SSSR count). The van der Waals surface area contributed by atoms with E-state index >= 15 is 0 Å². The Hall–Kier alpha value is -2.14. The molecule has 102 valence electrons. The van der Waals surface area contributed by atoms with Crippen LogP contribution in [-0.4, -0.2) is 30.6 Å². The van der Waals surface area contributed by atoms with Gasteiger partial charge in [-0.3, -0.25) is 4.79 Å². The molecule has 0 aliphatic rings. The molecule has 1 aromatic rings. The summed E-state index contributed by atoms with van der Waals surface area (Å²) in [7, 11) is 1.58. The second kappa shape index (κ2) is 7.33. The molecule has 1 amide bonds. The molecule has 0 fully saturated rings. The van der Waals surface area contributed by atoms with Crippen LogP contribution in [0.1, 0.15) is 12.5 Å². The van der Waals surface area contributed by atoms with E-state index in [1.807, 2.05) is 0 Å². The number of rotatable bonds is 5. The fraction of sp³-hybridized carbons (Fsp3) is 0.286. The van der Waals surface area contributed by atoms with Gasteiger partial charge in [0.15, 0.2) is 0 Å². The normalized spacial score (nSPS) is 10.5. The number of amides is 1. The number of aliphatic hydroxyl groups is 1. The largest absolute Gasteiger partial charge is 0.463 e. The number of para-hydroxylation sites is 1. The molecule has 0 unspecified atom stereocenters. The first-order valence-corrected chi connectivity index (χ1v) is 5.91. The highest BCUT2D eigenvalue weighted by Crippen LogP contribution is 2.19. The number of carbonyl (C=O) groups is 2. The SMILES string of the molecule is CCOC(=O)/C=C/C(=O)N(C)c1ccccc1CO. The minimum Gasteiger partial charge on any atom is -0.463 e. The monoisotopic (exact) mass is 263 g/mol. The van der Waals surface area contributed by atoms with Gasteiger partial charge >= 0.3 is 5.97 Å². The molecule has 0 aliphatic carbocycles. The third-order valence-corrected chi connectivity index (χ3v) is 2.50. The molecular weight excluding hydrogens is 246 g/mol. The van der Waals surface area contributed by atoms with Crippen LogP contribution in [0.25, 0.3) is 0 Å². The number of benzene rings is 1. The van der Waals surface area contributed by atoms with Crippen molar-refractivity contribution in [3.63, 3.8) is 0 Å². The summed E-state index contributed by atoms with van der Waals surface area (Å²) >= 11 is 0. The van der Waals surface area contributed by atoms with Crippen molar-refractivity contribution in [1.29, 1.82) is 0 Å².